The van der Waals surface area contributed by atoms with Crippen molar-refractivity contribution in [3.8, 4) is 11.1 Å². The molecule has 0 saturated carbocycles. The third-order valence-corrected chi connectivity index (χ3v) is 5.89. The molecular formula is C31H26N2. The third-order valence-electron chi connectivity index (χ3n) is 5.89. The number of anilines is 5. The predicted molar refractivity (Wildman–Crippen MR) is 141 cm³/mol. The highest BCUT2D eigenvalue weighted by Crippen LogP contribution is 2.35. The highest BCUT2D eigenvalue weighted by Gasteiger charge is 2.12. The van der Waals surface area contributed by atoms with E-state index < -0.39 is 0 Å². The minimum atomic E-state index is 1.14. The number of rotatable bonds is 6. The molecule has 0 aliphatic rings. The van der Waals surface area contributed by atoms with Crippen LogP contribution in [0.1, 0.15) is 0 Å². The van der Waals surface area contributed by atoms with Crippen molar-refractivity contribution in [2.24, 2.45) is 0 Å². The summed E-state index contributed by atoms with van der Waals surface area (Å²) in [6.07, 6.45) is 0. The Hall–Kier alpha value is -4.30. The van der Waals surface area contributed by atoms with E-state index in [0.717, 1.165) is 17.1 Å². The lowest BCUT2D eigenvalue weighted by molar-refractivity contribution is 1.21. The fraction of sp³-hybridized carbons (Fsp3) is 0.0323. The molecule has 0 unspecified atom stereocenters. The Bertz CT molecular complexity index is 1240. The molecule has 0 heterocycles. The van der Waals surface area contributed by atoms with Crippen LogP contribution in [0.25, 0.3) is 11.1 Å². The number of benzene rings is 5. The van der Waals surface area contributed by atoms with Gasteiger partial charge in [-0.15, -0.1) is 0 Å². The van der Waals surface area contributed by atoms with Crippen molar-refractivity contribution < 1.29 is 0 Å². The normalized spacial score (nSPS) is 10.6. The van der Waals surface area contributed by atoms with Crippen molar-refractivity contribution in [2.75, 3.05) is 16.8 Å². The van der Waals surface area contributed by atoms with Gasteiger partial charge in [0.05, 0.1) is 0 Å². The first-order chi connectivity index (χ1) is 16.3. The van der Waals surface area contributed by atoms with Crippen molar-refractivity contribution in [3.05, 3.63) is 140 Å². The molecule has 2 nitrogen and oxygen atoms in total. The second-order valence-corrected chi connectivity index (χ2v) is 7.99. The monoisotopic (exact) mass is 426 g/mol. The Morgan fingerprint density at radius 3 is 1.06 bits per heavy atom. The van der Waals surface area contributed by atoms with Gasteiger partial charge in [-0.3, -0.25) is 0 Å². The molecule has 0 fully saturated rings. The molecule has 0 aliphatic carbocycles. The minimum absolute atomic E-state index is 1.14. The molecular weight excluding hydrogens is 400 g/mol. The van der Waals surface area contributed by atoms with E-state index >= 15 is 0 Å². The summed E-state index contributed by atoms with van der Waals surface area (Å²) in [5.74, 6) is 0. The Balaban J connectivity index is 1.42. The van der Waals surface area contributed by atoms with Crippen LogP contribution in [-0.2, 0) is 0 Å². The van der Waals surface area contributed by atoms with Crippen LogP contribution < -0.4 is 9.80 Å². The highest BCUT2D eigenvalue weighted by atomic mass is 15.1. The largest absolute Gasteiger partial charge is 0.345 e. The van der Waals surface area contributed by atoms with Gasteiger partial charge < -0.3 is 9.80 Å². The molecule has 160 valence electrons. The lowest BCUT2D eigenvalue weighted by atomic mass is 10.0. The maximum absolute atomic E-state index is 2.28. The summed E-state index contributed by atoms with van der Waals surface area (Å²) in [7, 11) is 2.10. The molecule has 5 aromatic rings. The second kappa shape index (κ2) is 9.46. The molecule has 0 aromatic heterocycles. The number of nitrogens with zero attached hydrogens (tertiary/aromatic N) is 2. The summed E-state index contributed by atoms with van der Waals surface area (Å²) >= 11 is 0. The zero-order chi connectivity index (χ0) is 22.5. The molecule has 0 atom stereocenters. The molecule has 0 aliphatic heterocycles. The fourth-order valence-electron chi connectivity index (χ4n) is 4.08. The molecule has 5 aromatic carbocycles. The van der Waals surface area contributed by atoms with Crippen LogP contribution in [0, 0.1) is 0 Å². The summed E-state index contributed by atoms with van der Waals surface area (Å²) in [6, 6.07) is 48.9. The van der Waals surface area contributed by atoms with Gasteiger partial charge in [-0.25, -0.2) is 0 Å². The van der Waals surface area contributed by atoms with Crippen LogP contribution in [0.2, 0.25) is 0 Å². The van der Waals surface area contributed by atoms with Crippen molar-refractivity contribution in [1.82, 2.24) is 0 Å². The van der Waals surface area contributed by atoms with Gasteiger partial charge in [0.1, 0.15) is 0 Å². The quantitative estimate of drug-likeness (QED) is 0.268. The Kier molecular flexibility index (Phi) is 5.90. The number of hydrogen-bond acceptors (Lipinski definition) is 2. The lowest BCUT2D eigenvalue weighted by Crippen LogP contribution is -2.09. The van der Waals surface area contributed by atoms with Crippen LogP contribution in [0.3, 0.4) is 0 Å². The average molecular weight is 427 g/mol. The van der Waals surface area contributed by atoms with Crippen LogP contribution in [-0.4, -0.2) is 7.05 Å². The van der Waals surface area contributed by atoms with Crippen molar-refractivity contribution in [1.29, 1.82) is 0 Å². The van der Waals surface area contributed by atoms with Gasteiger partial charge in [0.25, 0.3) is 0 Å². The van der Waals surface area contributed by atoms with E-state index in [1.54, 1.807) is 0 Å². The minimum Gasteiger partial charge on any atom is -0.345 e. The fourth-order valence-corrected chi connectivity index (χ4v) is 4.08. The first-order valence-corrected chi connectivity index (χ1v) is 11.2. The van der Waals surface area contributed by atoms with Crippen LogP contribution in [0.15, 0.2) is 140 Å². The van der Waals surface area contributed by atoms with Crippen molar-refractivity contribution >= 4 is 28.4 Å². The average Bonchev–Trinajstić information content (AvgIpc) is 2.91. The maximum atomic E-state index is 2.28. The Morgan fingerprint density at radius 2 is 0.636 bits per heavy atom. The van der Waals surface area contributed by atoms with Gasteiger partial charge in [-0.05, 0) is 71.8 Å². The molecule has 0 amide bonds. The SMILES string of the molecule is CN(c1ccccc1)c1ccc(-c2ccc(N(c3ccccc3)c3ccccc3)cc2)cc1. The van der Waals surface area contributed by atoms with Gasteiger partial charge in [-0.2, -0.15) is 0 Å². The maximum Gasteiger partial charge on any atom is 0.0462 e. The molecule has 0 bridgehead atoms. The number of hydrogen-bond donors (Lipinski definition) is 0. The lowest BCUT2D eigenvalue weighted by Gasteiger charge is -2.25. The summed E-state index contributed by atoms with van der Waals surface area (Å²) in [5.41, 5.74) is 8.18. The Labute approximate surface area is 196 Å². The van der Waals surface area contributed by atoms with E-state index in [1.807, 2.05) is 6.07 Å². The molecule has 0 saturated heterocycles. The van der Waals surface area contributed by atoms with Gasteiger partial charge in [0, 0.05) is 35.5 Å². The van der Waals surface area contributed by atoms with E-state index in [4.69, 9.17) is 0 Å². The standard InChI is InChI=1S/C31H26N2/c1-32(27-11-5-2-6-12-27)28-21-17-25(18-22-28)26-19-23-31(24-20-26)33(29-13-7-3-8-14-29)30-15-9-4-10-16-30/h2-24H,1H3. The summed E-state index contributed by atoms with van der Waals surface area (Å²) in [6.45, 7) is 0. The molecule has 2 heteroatoms. The first-order valence-electron chi connectivity index (χ1n) is 11.2. The van der Waals surface area contributed by atoms with Gasteiger partial charge >= 0.3 is 0 Å². The molecule has 33 heavy (non-hydrogen) atoms. The zero-order valence-corrected chi connectivity index (χ0v) is 18.7. The van der Waals surface area contributed by atoms with E-state index in [0.29, 0.717) is 0 Å². The van der Waals surface area contributed by atoms with Crippen molar-refractivity contribution in [2.45, 2.75) is 0 Å². The smallest absolute Gasteiger partial charge is 0.0462 e. The molecule has 5 rings (SSSR count). The van der Waals surface area contributed by atoms with Gasteiger partial charge in [0.2, 0.25) is 0 Å². The molecule has 0 radical (unpaired) electrons. The summed E-state index contributed by atoms with van der Waals surface area (Å²) < 4.78 is 0. The van der Waals surface area contributed by atoms with E-state index in [-0.39, 0.29) is 0 Å². The van der Waals surface area contributed by atoms with Gasteiger partial charge in [0.15, 0.2) is 0 Å². The van der Waals surface area contributed by atoms with E-state index in [9.17, 15) is 0 Å². The van der Waals surface area contributed by atoms with Crippen LogP contribution in [0.4, 0.5) is 28.4 Å². The second-order valence-electron chi connectivity index (χ2n) is 7.99. The molecule has 0 spiro atoms. The summed E-state index contributed by atoms with van der Waals surface area (Å²) in [5, 5.41) is 0. The van der Waals surface area contributed by atoms with E-state index in [2.05, 4.69) is 150 Å². The predicted octanol–water partition coefficient (Wildman–Crippen LogP) is 8.59. The third kappa shape index (κ3) is 4.51. The first kappa shape index (κ1) is 20.6. The number of para-hydroxylation sites is 3. The zero-order valence-electron chi connectivity index (χ0n) is 18.7. The summed E-state index contributed by atoms with van der Waals surface area (Å²) in [4.78, 5) is 4.48. The van der Waals surface area contributed by atoms with E-state index in [1.165, 1.54) is 22.5 Å². The topological polar surface area (TPSA) is 6.48 Å². The van der Waals surface area contributed by atoms with Crippen molar-refractivity contribution in [3.63, 3.8) is 0 Å². The molecule has 0 N–H and O–H groups in total. The Morgan fingerprint density at radius 1 is 0.333 bits per heavy atom. The highest BCUT2D eigenvalue weighted by molar-refractivity contribution is 5.78. The van der Waals surface area contributed by atoms with Gasteiger partial charge in [-0.1, -0.05) is 78.9 Å². The van der Waals surface area contributed by atoms with Crippen LogP contribution >= 0.6 is 0 Å². The van der Waals surface area contributed by atoms with Crippen LogP contribution in [0.5, 0.6) is 0 Å².